The predicted octanol–water partition coefficient (Wildman–Crippen LogP) is 2.49. The number of likely N-dealkylation sites (N-methyl/N-ethyl adjacent to an activating group) is 1. The minimum absolute atomic E-state index is 0.529. The van der Waals surface area contributed by atoms with E-state index < -0.39 is 0 Å². The van der Waals surface area contributed by atoms with Gasteiger partial charge in [-0.25, -0.2) is 0 Å². The first-order valence-corrected chi connectivity index (χ1v) is 7.67. The normalized spacial score (nSPS) is 24.0. The molecule has 2 atom stereocenters. The first kappa shape index (κ1) is 14.8. The summed E-state index contributed by atoms with van der Waals surface area (Å²) < 4.78 is 1.15. The van der Waals surface area contributed by atoms with E-state index in [0.717, 1.165) is 24.1 Å². The van der Waals surface area contributed by atoms with Crippen LogP contribution >= 0.6 is 15.9 Å². The molecule has 0 radical (unpaired) electrons. The SMILES string of the molecule is Cc1cc(Br)ccc1N1CC(C)NC(CN(C)C)C1. The van der Waals surface area contributed by atoms with Crippen LogP contribution in [0.15, 0.2) is 22.7 Å². The molecule has 0 spiro atoms. The van der Waals surface area contributed by atoms with E-state index in [0.29, 0.717) is 12.1 Å². The van der Waals surface area contributed by atoms with Gasteiger partial charge in [0.15, 0.2) is 0 Å². The molecule has 1 heterocycles. The summed E-state index contributed by atoms with van der Waals surface area (Å²) in [5.41, 5.74) is 2.70. The fourth-order valence-corrected chi connectivity index (χ4v) is 3.38. The molecule has 3 nitrogen and oxygen atoms in total. The maximum Gasteiger partial charge on any atom is 0.0397 e. The number of nitrogens with one attached hydrogen (secondary N) is 1. The number of hydrogen-bond acceptors (Lipinski definition) is 3. The monoisotopic (exact) mass is 325 g/mol. The number of rotatable bonds is 3. The third-order valence-corrected chi connectivity index (χ3v) is 4.03. The molecular weight excluding hydrogens is 302 g/mol. The Balaban J connectivity index is 2.14. The molecule has 0 saturated carbocycles. The molecule has 0 aliphatic carbocycles. The lowest BCUT2D eigenvalue weighted by atomic mass is 10.1. The number of aryl methyl sites for hydroxylation is 1. The summed E-state index contributed by atoms with van der Waals surface area (Å²) in [7, 11) is 4.27. The molecule has 0 bridgehead atoms. The summed E-state index contributed by atoms with van der Waals surface area (Å²) in [5, 5.41) is 3.69. The molecule has 2 rings (SSSR count). The van der Waals surface area contributed by atoms with Crippen LogP contribution in [0.4, 0.5) is 5.69 Å². The number of piperazine rings is 1. The minimum atomic E-state index is 0.529. The van der Waals surface area contributed by atoms with Gasteiger partial charge in [0.1, 0.15) is 0 Å². The summed E-state index contributed by atoms with van der Waals surface area (Å²) in [4.78, 5) is 4.76. The van der Waals surface area contributed by atoms with Gasteiger partial charge in [0.25, 0.3) is 0 Å². The Kier molecular flexibility index (Phi) is 4.87. The predicted molar refractivity (Wildman–Crippen MR) is 86.0 cm³/mol. The molecule has 2 unspecified atom stereocenters. The maximum absolute atomic E-state index is 3.69. The van der Waals surface area contributed by atoms with E-state index in [1.165, 1.54) is 11.3 Å². The average molecular weight is 326 g/mol. The molecule has 1 fully saturated rings. The first-order valence-electron chi connectivity index (χ1n) is 6.87. The van der Waals surface area contributed by atoms with Gasteiger partial charge >= 0.3 is 0 Å². The Morgan fingerprint density at radius 1 is 1.37 bits per heavy atom. The van der Waals surface area contributed by atoms with Gasteiger partial charge < -0.3 is 15.1 Å². The first-order chi connectivity index (χ1) is 8.95. The van der Waals surface area contributed by atoms with Crippen LogP contribution in [0.25, 0.3) is 0 Å². The minimum Gasteiger partial charge on any atom is -0.368 e. The van der Waals surface area contributed by atoms with E-state index in [4.69, 9.17) is 0 Å². The highest BCUT2D eigenvalue weighted by molar-refractivity contribution is 9.10. The molecule has 1 aromatic carbocycles. The summed E-state index contributed by atoms with van der Waals surface area (Å²) in [6, 6.07) is 7.62. The number of anilines is 1. The van der Waals surface area contributed by atoms with Crippen LogP contribution in [0.5, 0.6) is 0 Å². The van der Waals surface area contributed by atoms with E-state index in [1.807, 2.05) is 0 Å². The Bertz CT molecular complexity index is 431. The number of halogens is 1. The Morgan fingerprint density at radius 3 is 2.74 bits per heavy atom. The van der Waals surface area contributed by atoms with E-state index >= 15 is 0 Å². The van der Waals surface area contributed by atoms with Crippen molar-refractivity contribution >= 4 is 21.6 Å². The zero-order valence-corrected chi connectivity index (χ0v) is 13.9. The highest BCUT2D eigenvalue weighted by Gasteiger charge is 2.25. The van der Waals surface area contributed by atoms with Gasteiger partial charge in [-0.3, -0.25) is 0 Å². The topological polar surface area (TPSA) is 18.5 Å². The van der Waals surface area contributed by atoms with Gasteiger partial charge in [-0.1, -0.05) is 15.9 Å². The lowest BCUT2D eigenvalue weighted by Crippen LogP contribution is -2.58. The standard InChI is InChI=1S/C15H24BrN3/c1-11-7-13(16)5-6-15(11)19-8-12(2)17-14(10-19)9-18(3)4/h5-7,12,14,17H,8-10H2,1-4H3. The van der Waals surface area contributed by atoms with Crippen LogP contribution in [-0.4, -0.2) is 50.7 Å². The molecular formula is C15H24BrN3. The molecule has 1 aliphatic rings. The van der Waals surface area contributed by atoms with Gasteiger partial charge in [-0.15, -0.1) is 0 Å². The second kappa shape index (κ2) is 6.25. The van der Waals surface area contributed by atoms with Crippen LogP contribution in [0.1, 0.15) is 12.5 Å². The zero-order valence-electron chi connectivity index (χ0n) is 12.3. The largest absolute Gasteiger partial charge is 0.368 e. The molecule has 1 saturated heterocycles. The molecule has 1 aliphatic heterocycles. The van der Waals surface area contributed by atoms with Crippen molar-refractivity contribution in [1.82, 2.24) is 10.2 Å². The molecule has 106 valence electrons. The van der Waals surface area contributed by atoms with Crippen molar-refractivity contribution in [3.63, 3.8) is 0 Å². The maximum atomic E-state index is 3.69. The van der Waals surface area contributed by atoms with E-state index in [2.05, 4.69) is 77.2 Å². The van der Waals surface area contributed by atoms with Crippen LogP contribution in [0.2, 0.25) is 0 Å². The van der Waals surface area contributed by atoms with Gasteiger partial charge in [-0.2, -0.15) is 0 Å². The third kappa shape index (κ3) is 3.94. The van der Waals surface area contributed by atoms with Gasteiger partial charge in [-0.05, 0) is 51.7 Å². The van der Waals surface area contributed by atoms with Crippen molar-refractivity contribution in [1.29, 1.82) is 0 Å². The van der Waals surface area contributed by atoms with Gasteiger partial charge in [0, 0.05) is 41.9 Å². The van der Waals surface area contributed by atoms with Crippen molar-refractivity contribution in [2.75, 3.05) is 38.6 Å². The lowest BCUT2D eigenvalue weighted by Gasteiger charge is -2.40. The fraction of sp³-hybridized carbons (Fsp3) is 0.600. The number of nitrogens with zero attached hydrogens (tertiary/aromatic N) is 2. The van der Waals surface area contributed by atoms with Crippen molar-refractivity contribution in [2.45, 2.75) is 25.9 Å². The number of hydrogen-bond donors (Lipinski definition) is 1. The summed E-state index contributed by atoms with van der Waals surface area (Å²) >= 11 is 3.54. The summed E-state index contributed by atoms with van der Waals surface area (Å²) in [6.07, 6.45) is 0. The quantitative estimate of drug-likeness (QED) is 0.921. The highest BCUT2D eigenvalue weighted by atomic mass is 79.9. The van der Waals surface area contributed by atoms with Crippen molar-refractivity contribution in [3.8, 4) is 0 Å². The molecule has 4 heteroatoms. The van der Waals surface area contributed by atoms with Crippen LogP contribution in [-0.2, 0) is 0 Å². The molecule has 19 heavy (non-hydrogen) atoms. The third-order valence-electron chi connectivity index (χ3n) is 3.54. The van der Waals surface area contributed by atoms with Gasteiger partial charge in [0.05, 0.1) is 0 Å². The van der Waals surface area contributed by atoms with Crippen LogP contribution in [0, 0.1) is 6.92 Å². The lowest BCUT2D eigenvalue weighted by molar-refractivity contribution is 0.297. The number of benzene rings is 1. The summed E-state index contributed by atoms with van der Waals surface area (Å²) in [5.74, 6) is 0. The van der Waals surface area contributed by atoms with E-state index in [9.17, 15) is 0 Å². The molecule has 1 aromatic rings. The fourth-order valence-electron chi connectivity index (χ4n) is 2.90. The Labute approximate surface area is 125 Å². The van der Waals surface area contributed by atoms with E-state index in [-0.39, 0.29) is 0 Å². The molecule has 0 aromatic heterocycles. The highest BCUT2D eigenvalue weighted by Crippen LogP contribution is 2.25. The smallest absolute Gasteiger partial charge is 0.0397 e. The van der Waals surface area contributed by atoms with Crippen molar-refractivity contribution < 1.29 is 0 Å². The van der Waals surface area contributed by atoms with Crippen molar-refractivity contribution in [3.05, 3.63) is 28.2 Å². The Morgan fingerprint density at radius 2 is 2.11 bits per heavy atom. The van der Waals surface area contributed by atoms with Crippen LogP contribution < -0.4 is 10.2 Å². The average Bonchev–Trinajstić information content (AvgIpc) is 2.26. The zero-order chi connectivity index (χ0) is 14.0. The second-order valence-electron chi connectivity index (χ2n) is 5.86. The van der Waals surface area contributed by atoms with Crippen molar-refractivity contribution in [2.24, 2.45) is 0 Å². The molecule has 0 amide bonds. The van der Waals surface area contributed by atoms with Crippen LogP contribution in [0.3, 0.4) is 0 Å². The summed E-state index contributed by atoms with van der Waals surface area (Å²) in [6.45, 7) is 7.69. The van der Waals surface area contributed by atoms with E-state index in [1.54, 1.807) is 0 Å². The molecule has 1 N–H and O–H groups in total. The van der Waals surface area contributed by atoms with Gasteiger partial charge in [0.2, 0.25) is 0 Å². The second-order valence-corrected chi connectivity index (χ2v) is 6.78. The Hall–Kier alpha value is -0.580.